The molecular formula is C22H22ClN3O6. The van der Waals surface area contributed by atoms with Crippen LogP contribution in [0.25, 0.3) is 11.4 Å². The summed E-state index contributed by atoms with van der Waals surface area (Å²) < 4.78 is 27.0. The third-order valence-electron chi connectivity index (χ3n) is 5.27. The fourth-order valence-corrected chi connectivity index (χ4v) is 3.87. The van der Waals surface area contributed by atoms with Crippen LogP contribution in [0, 0.1) is 0 Å². The zero-order chi connectivity index (χ0) is 22.8. The van der Waals surface area contributed by atoms with Gasteiger partial charge in [-0.1, -0.05) is 16.8 Å². The van der Waals surface area contributed by atoms with Gasteiger partial charge in [-0.2, -0.15) is 4.98 Å². The second kappa shape index (κ2) is 8.96. The van der Waals surface area contributed by atoms with Gasteiger partial charge in [-0.15, -0.1) is 0 Å². The van der Waals surface area contributed by atoms with Gasteiger partial charge in [0.15, 0.2) is 11.5 Å². The fourth-order valence-electron chi connectivity index (χ4n) is 3.71. The molecule has 2 heterocycles. The maximum absolute atomic E-state index is 12.7. The third-order valence-corrected chi connectivity index (χ3v) is 5.51. The van der Waals surface area contributed by atoms with Crippen molar-refractivity contribution >= 4 is 23.2 Å². The number of hydrogen-bond acceptors (Lipinski definition) is 8. The Labute approximate surface area is 189 Å². The predicted octanol–water partition coefficient (Wildman–Crippen LogP) is 3.94. The molecule has 3 aromatic rings. The number of benzene rings is 2. The number of hydrogen-bond donors (Lipinski definition) is 0. The van der Waals surface area contributed by atoms with Crippen molar-refractivity contribution < 1.29 is 28.3 Å². The van der Waals surface area contributed by atoms with Crippen LogP contribution >= 0.6 is 11.6 Å². The van der Waals surface area contributed by atoms with Gasteiger partial charge in [0, 0.05) is 23.6 Å². The number of methoxy groups -OCH3 is 4. The van der Waals surface area contributed by atoms with E-state index in [1.807, 2.05) is 0 Å². The van der Waals surface area contributed by atoms with E-state index < -0.39 is 0 Å². The average molecular weight is 460 g/mol. The Morgan fingerprint density at radius 1 is 1.00 bits per heavy atom. The Kier molecular flexibility index (Phi) is 6.09. The summed E-state index contributed by atoms with van der Waals surface area (Å²) in [7, 11) is 6.15. The molecule has 0 unspecified atom stereocenters. The Balaban J connectivity index is 1.62. The molecule has 0 saturated carbocycles. The quantitative estimate of drug-likeness (QED) is 0.524. The summed E-state index contributed by atoms with van der Waals surface area (Å²) in [5.74, 6) is 2.35. The number of rotatable bonds is 7. The third kappa shape index (κ3) is 3.91. The lowest BCUT2D eigenvalue weighted by Gasteiger charge is -2.19. The van der Waals surface area contributed by atoms with Gasteiger partial charge >= 0.3 is 0 Å². The molecule has 0 N–H and O–H groups in total. The van der Waals surface area contributed by atoms with Crippen molar-refractivity contribution in [1.82, 2.24) is 10.1 Å². The Morgan fingerprint density at radius 2 is 1.69 bits per heavy atom. The zero-order valence-corrected chi connectivity index (χ0v) is 18.8. The van der Waals surface area contributed by atoms with Gasteiger partial charge in [-0.05, 0) is 30.3 Å². The summed E-state index contributed by atoms with van der Waals surface area (Å²) in [5, 5.41) is 4.61. The number of anilines is 1. The van der Waals surface area contributed by atoms with Crippen molar-refractivity contribution in [3.8, 4) is 34.4 Å². The van der Waals surface area contributed by atoms with E-state index in [0.717, 1.165) is 0 Å². The van der Waals surface area contributed by atoms with E-state index in [1.54, 1.807) is 42.3 Å². The first-order valence-corrected chi connectivity index (χ1v) is 10.1. The Morgan fingerprint density at radius 3 is 2.31 bits per heavy atom. The van der Waals surface area contributed by atoms with Crippen LogP contribution < -0.4 is 23.8 Å². The molecule has 1 atom stereocenters. The first kappa shape index (κ1) is 21.8. The summed E-state index contributed by atoms with van der Waals surface area (Å²) in [6, 6.07) is 8.62. The smallest absolute Gasteiger partial charge is 0.232 e. The second-order valence-corrected chi connectivity index (χ2v) is 7.53. The lowest BCUT2D eigenvalue weighted by atomic mass is 10.1. The number of carbonyl (C=O) groups is 1. The summed E-state index contributed by atoms with van der Waals surface area (Å²) in [6.07, 6.45) is 0.229. The van der Waals surface area contributed by atoms with Crippen LogP contribution in [0.5, 0.6) is 23.0 Å². The maximum atomic E-state index is 12.7. The standard InChI is InChI=1S/C22H22ClN3O6/c1-28-16-6-5-14(23)10-15(16)26-11-13(9-19(26)27)22-24-21(25-32-22)12-7-17(29-2)20(31-4)18(8-12)30-3/h5-8,10,13H,9,11H2,1-4H3/t13-/m0/s1. The summed E-state index contributed by atoms with van der Waals surface area (Å²) in [6.45, 7) is 0.367. The van der Waals surface area contributed by atoms with Gasteiger partial charge in [0.05, 0.1) is 40.0 Å². The highest BCUT2D eigenvalue weighted by atomic mass is 35.5. The van der Waals surface area contributed by atoms with E-state index in [9.17, 15) is 4.79 Å². The molecule has 32 heavy (non-hydrogen) atoms. The minimum absolute atomic E-state index is 0.0805. The van der Waals surface area contributed by atoms with Gasteiger partial charge in [-0.3, -0.25) is 4.79 Å². The number of aromatic nitrogens is 2. The molecule has 2 aromatic carbocycles. The van der Waals surface area contributed by atoms with Crippen molar-refractivity contribution in [3.05, 3.63) is 41.2 Å². The molecule has 1 saturated heterocycles. The highest BCUT2D eigenvalue weighted by Gasteiger charge is 2.36. The Hall–Kier alpha value is -3.46. The minimum Gasteiger partial charge on any atom is -0.495 e. The van der Waals surface area contributed by atoms with Crippen molar-refractivity contribution in [3.63, 3.8) is 0 Å². The van der Waals surface area contributed by atoms with Crippen LogP contribution in [0.3, 0.4) is 0 Å². The molecule has 0 aliphatic carbocycles. The van der Waals surface area contributed by atoms with E-state index in [1.165, 1.54) is 21.3 Å². The van der Waals surface area contributed by atoms with Crippen molar-refractivity contribution in [2.24, 2.45) is 0 Å². The molecule has 1 aliphatic heterocycles. The second-order valence-electron chi connectivity index (χ2n) is 7.09. The normalized spacial score (nSPS) is 15.7. The molecule has 0 bridgehead atoms. The Bertz CT molecular complexity index is 1120. The van der Waals surface area contributed by atoms with E-state index in [2.05, 4.69) is 10.1 Å². The lowest BCUT2D eigenvalue weighted by Crippen LogP contribution is -2.24. The van der Waals surface area contributed by atoms with Crippen molar-refractivity contribution in [2.75, 3.05) is 39.9 Å². The van der Waals surface area contributed by atoms with E-state index >= 15 is 0 Å². The van der Waals surface area contributed by atoms with Crippen LogP contribution in [0.15, 0.2) is 34.9 Å². The van der Waals surface area contributed by atoms with Gasteiger partial charge < -0.3 is 28.4 Å². The molecule has 0 radical (unpaired) electrons. The first-order chi connectivity index (χ1) is 15.5. The van der Waals surface area contributed by atoms with Gasteiger partial charge in [-0.25, -0.2) is 0 Å². The minimum atomic E-state index is -0.269. The van der Waals surface area contributed by atoms with Crippen molar-refractivity contribution in [2.45, 2.75) is 12.3 Å². The number of nitrogens with zero attached hydrogens (tertiary/aromatic N) is 3. The highest BCUT2D eigenvalue weighted by Crippen LogP contribution is 2.41. The van der Waals surface area contributed by atoms with E-state index in [-0.39, 0.29) is 18.2 Å². The molecule has 4 rings (SSSR count). The molecule has 1 aliphatic rings. The average Bonchev–Trinajstić information content (AvgIpc) is 3.45. The number of ether oxygens (including phenoxy) is 4. The van der Waals surface area contributed by atoms with Gasteiger partial charge in [0.2, 0.25) is 23.4 Å². The predicted molar refractivity (Wildman–Crippen MR) is 117 cm³/mol. The topological polar surface area (TPSA) is 96.2 Å². The molecular weight excluding hydrogens is 438 g/mol. The van der Waals surface area contributed by atoms with E-state index in [4.69, 9.17) is 35.1 Å². The SMILES string of the molecule is COc1ccc(Cl)cc1N1C[C@@H](c2nc(-c3cc(OC)c(OC)c(OC)c3)no2)CC1=O. The number of halogens is 1. The zero-order valence-electron chi connectivity index (χ0n) is 18.0. The summed E-state index contributed by atoms with van der Waals surface area (Å²) in [5.41, 5.74) is 1.24. The van der Waals surface area contributed by atoms with Crippen LogP contribution in [0.4, 0.5) is 5.69 Å². The summed E-state index contributed by atoms with van der Waals surface area (Å²) in [4.78, 5) is 18.9. The molecule has 168 valence electrons. The molecule has 10 heteroatoms. The maximum Gasteiger partial charge on any atom is 0.232 e. The van der Waals surface area contributed by atoms with Crippen molar-refractivity contribution in [1.29, 1.82) is 0 Å². The fraction of sp³-hybridized carbons (Fsp3) is 0.318. The van der Waals surface area contributed by atoms with Crippen LogP contribution in [0.1, 0.15) is 18.2 Å². The highest BCUT2D eigenvalue weighted by molar-refractivity contribution is 6.31. The van der Waals surface area contributed by atoms with Crippen LogP contribution in [-0.2, 0) is 4.79 Å². The van der Waals surface area contributed by atoms with E-state index in [0.29, 0.717) is 57.5 Å². The monoisotopic (exact) mass is 459 g/mol. The summed E-state index contributed by atoms with van der Waals surface area (Å²) >= 11 is 6.13. The van der Waals surface area contributed by atoms with Gasteiger partial charge in [0.1, 0.15) is 5.75 Å². The molecule has 1 amide bonds. The van der Waals surface area contributed by atoms with Crippen LogP contribution in [-0.4, -0.2) is 51.0 Å². The lowest BCUT2D eigenvalue weighted by molar-refractivity contribution is -0.117. The van der Waals surface area contributed by atoms with Crippen LogP contribution in [0.2, 0.25) is 5.02 Å². The number of carbonyl (C=O) groups excluding carboxylic acids is 1. The molecule has 9 nitrogen and oxygen atoms in total. The molecule has 1 fully saturated rings. The largest absolute Gasteiger partial charge is 0.495 e. The molecule has 1 aromatic heterocycles. The number of amides is 1. The first-order valence-electron chi connectivity index (χ1n) is 9.77. The van der Waals surface area contributed by atoms with Gasteiger partial charge in [0.25, 0.3) is 0 Å². The molecule has 0 spiro atoms.